The summed E-state index contributed by atoms with van der Waals surface area (Å²) in [6, 6.07) is 19.7. The lowest BCUT2D eigenvalue weighted by Crippen LogP contribution is -2.36. The average Bonchev–Trinajstić information content (AvgIpc) is 3.25. The second-order valence-electron chi connectivity index (χ2n) is 7.39. The highest BCUT2D eigenvalue weighted by atomic mass is 16.5. The number of rotatable bonds is 7. The molecule has 4 rings (SSSR count). The minimum Gasteiger partial charge on any atom is -0.496 e. The van der Waals surface area contributed by atoms with Gasteiger partial charge in [0, 0.05) is 31.2 Å². The van der Waals surface area contributed by atoms with Crippen LogP contribution in [0.3, 0.4) is 0 Å². The number of para-hydroxylation sites is 1. The number of nitrogens with zero attached hydrogens (tertiary/aromatic N) is 3. The molecule has 0 aliphatic rings. The number of aryl methyl sites for hydroxylation is 1. The number of methoxy groups -OCH3 is 1. The number of benzene rings is 2. The highest BCUT2D eigenvalue weighted by Gasteiger charge is 2.25. The molecule has 32 heavy (non-hydrogen) atoms. The van der Waals surface area contributed by atoms with E-state index in [2.05, 4.69) is 10.3 Å². The molecule has 162 valence electrons. The van der Waals surface area contributed by atoms with Gasteiger partial charge in [0.05, 0.1) is 13.7 Å². The largest absolute Gasteiger partial charge is 0.496 e. The standard InChI is InChI=1S/C25H24N4O3/c1-28-16-14-26-23(28)22(19-11-6-7-13-21(19)32-2)27-24(30)20-12-8-15-29(25(20)31)17-18-9-4-3-5-10-18/h3-16,22H,17H2,1-2H3,(H,27,30). The molecule has 0 saturated heterocycles. The molecule has 0 radical (unpaired) electrons. The van der Waals surface area contributed by atoms with E-state index in [0.29, 0.717) is 18.1 Å². The van der Waals surface area contributed by atoms with Crippen molar-refractivity contribution < 1.29 is 9.53 Å². The predicted octanol–water partition coefficient (Wildman–Crippen LogP) is 3.16. The summed E-state index contributed by atoms with van der Waals surface area (Å²) in [5.74, 6) is 0.773. The lowest BCUT2D eigenvalue weighted by Gasteiger charge is -2.21. The van der Waals surface area contributed by atoms with Crippen molar-refractivity contribution in [3.63, 3.8) is 0 Å². The Labute approximate surface area is 185 Å². The van der Waals surface area contributed by atoms with E-state index >= 15 is 0 Å². The summed E-state index contributed by atoms with van der Waals surface area (Å²) in [4.78, 5) is 30.7. The van der Waals surface area contributed by atoms with Crippen molar-refractivity contribution in [3.8, 4) is 5.75 Å². The molecule has 2 aromatic heterocycles. The van der Waals surface area contributed by atoms with Crippen LogP contribution in [0.4, 0.5) is 0 Å². The number of amides is 1. The quantitative estimate of drug-likeness (QED) is 0.491. The van der Waals surface area contributed by atoms with Crippen LogP contribution in [0.25, 0.3) is 0 Å². The van der Waals surface area contributed by atoms with Crippen molar-refractivity contribution >= 4 is 5.91 Å². The molecule has 4 aromatic rings. The Hall–Kier alpha value is -4.13. The number of hydrogen-bond donors (Lipinski definition) is 1. The average molecular weight is 428 g/mol. The zero-order valence-corrected chi connectivity index (χ0v) is 17.9. The monoisotopic (exact) mass is 428 g/mol. The van der Waals surface area contributed by atoms with E-state index < -0.39 is 11.9 Å². The van der Waals surface area contributed by atoms with Gasteiger partial charge in [-0.3, -0.25) is 9.59 Å². The Balaban J connectivity index is 1.68. The van der Waals surface area contributed by atoms with Crippen LogP contribution in [0.1, 0.15) is 33.4 Å². The van der Waals surface area contributed by atoms with Gasteiger partial charge in [0.2, 0.25) is 0 Å². The van der Waals surface area contributed by atoms with E-state index in [-0.39, 0.29) is 11.1 Å². The molecule has 1 amide bonds. The fourth-order valence-electron chi connectivity index (χ4n) is 3.66. The van der Waals surface area contributed by atoms with Crippen molar-refractivity contribution in [2.24, 2.45) is 7.05 Å². The second-order valence-corrected chi connectivity index (χ2v) is 7.39. The third-order valence-corrected chi connectivity index (χ3v) is 5.30. The summed E-state index contributed by atoms with van der Waals surface area (Å²) in [5, 5.41) is 2.98. The first-order valence-corrected chi connectivity index (χ1v) is 10.2. The molecule has 0 saturated carbocycles. The van der Waals surface area contributed by atoms with Gasteiger partial charge in [-0.1, -0.05) is 48.5 Å². The van der Waals surface area contributed by atoms with Crippen molar-refractivity contribution in [2.45, 2.75) is 12.6 Å². The van der Waals surface area contributed by atoms with E-state index in [0.717, 1.165) is 11.1 Å². The lowest BCUT2D eigenvalue weighted by atomic mass is 10.0. The first-order valence-electron chi connectivity index (χ1n) is 10.2. The molecule has 0 aliphatic heterocycles. The van der Waals surface area contributed by atoms with Crippen LogP contribution < -0.4 is 15.6 Å². The molecule has 2 heterocycles. The summed E-state index contributed by atoms with van der Waals surface area (Å²) in [6.07, 6.45) is 5.15. The maximum atomic E-state index is 13.3. The Kier molecular flexibility index (Phi) is 6.17. The van der Waals surface area contributed by atoms with Gasteiger partial charge in [0.15, 0.2) is 0 Å². The topological polar surface area (TPSA) is 78.2 Å². The van der Waals surface area contributed by atoms with Gasteiger partial charge in [-0.05, 0) is 23.8 Å². The predicted molar refractivity (Wildman–Crippen MR) is 122 cm³/mol. The molecule has 0 spiro atoms. The Morgan fingerprint density at radius 2 is 1.78 bits per heavy atom. The lowest BCUT2D eigenvalue weighted by molar-refractivity contribution is 0.0938. The van der Waals surface area contributed by atoms with Gasteiger partial charge in [-0.2, -0.15) is 0 Å². The zero-order chi connectivity index (χ0) is 22.5. The van der Waals surface area contributed by atoms with Crippen molar-refractivity contribution in [1.29, 1.82) is 0 Å². The van der Waals surface area contributed by atoms with Crippen LogP contribution >= 0.6 is 0 Å². The molecule has 2 aromatic carbocycles. The summed E-state index contributed by atoms with van der Waals surface area (Å²) < 4.78 is 8.87. The van der Waals surface area contributed by atoms with E-state index in [4.69, 9.17) is 4.74 Å². The number of carbonyl (C=O) groups excluding carboxylic acids is 1. The van der Waals surface area contributed by atoms with E-state index in [1.165, 1.54) is 10.6 Å². The summed E-state index contributed by atoms with van der Waals surface area (Å²) in [5.41, 5.74) is 1.44. The molecule has 1 unspecified atom stereocenters. The SMILES string of the molecule is COc1ccccc1C(NC(=O)c1cccn(Cc2ccccc2)c1=O)c1nccn1C. The van der Waals surface area contributed by atoms with Crippen LogP contribution in [-0.2, 0) is 13.6 Å². The van der Waals surface area contributed by atoms with Crippen molar-refractivity contribution in [2.75, 3.05) is 7.11 Å². The van der Waals surface area contributed by atoms with Gasteiger partial charge in [0.25, 0.3) is 11.5 Å². The minimum atomic E-state index is -0.596. The molecular weight excluding hydrogens is 404 g/mol. The highest BCUT2D eigenvalue weighted by Crippen LogP contribution is 2.29. The molecule has 7 heteroatoms. The fourth-order valence-corrected chi connectivity index (χ4v) is 3.66. The number of nitrogens with one attached hydrogen (secondary N) is 1. The highest BCUT2D eigenvalue weighted by molar-refractivity contribution is 5.94. The smallest absolute Gasteiger partial charge is 0.263 e. The van der Waals surface area contributed by atoms with Gasteiger partial charge < -0.3 is 19.2 Å². The molecule has 1 N–H and O–H groups in total. The number of aromatic nitrogens is 3. The van der Waals surface area contributed by atoms with Gasteiger partial charge >= 0.3 is 0 Å². The Morgan fingerprint density at radius 3 is 2.50 bits per heavy atom. The number of hydrogen-bond acceptors (Lipinski definition) is 4. The van der Waals surface area contributed by atoms with Crippen LogP contribution in [0.2, 0.25) is 0 Å². The van der Waals surface area contributed by atoms with Crippen LogP contribution in [-0.4, -0.2) is 27.1 Å². The molecule has 7 nitrogen and oxygen atoms in total. The molecule has 0 bridgehead atoms. The van der Waals surface area contributed by atoms with Gasteiger partial charge in [0.1, 0.15) is 23.2 Å². The van der Waals surface area contributed by atoms with Crippen molar-refractivity contribution in [1.82, 2.24) is 19.4 Å². The van der Waals surface area contributed by atoms with E-state index in [1.54, 1.807) is 31.8 Å². The number of carbonyl (C=O) groups is 1. The fraction of sp³-hybridized carbons (Fsp3) is 0.160. The third-order valence-electron chi connectivity index (χ3n) is 5.30. The summed E-state index contributed by atoms with van der Waals surface area (Å²) in [6.45, 7) is 0.385. The molecule has 1 atom stereocenters. The second kappa shape index (κ2) is 9.34. The maximum Gasteiger partial charge on any atom is 0.263 e. The molecule has 0 fully saturated rings. The minimum absolute atomic E-state index is 0.0672. The van der Waals surface area contributed by atoms with Crippen LogP contribution in [0.5, 0.6) is 5.75 Å². The summed E-state index contributed by atoms with van der Waals surface area (Å²) >= 11 is 0. The molecular formula is C25H24N4O3. The maximum absolute atomic E-state index is 13.3. The van der Waals surface area contributed by atoms with Crippen LogP contribution in [0, 0.1) is 0 Å². The number of ether oxygens (including phenoxy) is 1. The van der Waals surface area contributed by atoms with Crippen molar-refractivity contribution in [3.05, 3.63) is 118 Å². The first kappa shape index (κ1) is 21.1. The number of imidazole rings is 1. The zero-order valence-electron chi connectivity index (χ0n) is 17.9. The summed E-state index contributed by atoms with van der Waals surface area (Å²) in [7, 11) is 3.43. The van der Waals surface area contributed by atoms with Gasteiger partial charge in [-0.25, -0.2) is 4.98 Å². The van der Waals surface area contributed by atoms with Crippen LogP contribution in [0.15, 0.2) is 90.1 Å². The third kappa shape index (κ3) is 4.32. The molecule has 0 aliphatic carbocycles. The van der Waals surface area contributed by atoms with E-state index in [9.17, 15) is 9.59 Å². The Morgan fingerprint density at radius 1 is 1.03 bits per heavy atom. The first-order chi connectivity index (χ1) is 15.6. The van der Waals surface area contributed by atoms with Gasteiger partial charge in [-0.15, -0.1) is 0 Å². The van der Waals surface area contributed by atoms with E-state index in [1.807, 2.05) is 66.2 Å². The number of pyridine rings is 1. The Bertz CT molecular complexity index is 1280. The normalized spacial score (nSPS) is 11.7.